The monoisotopic (exact) mass is 338 g/mol. The molecule has 0 spiro atoms. The Morgan fingerprint density at radius 1 is 1.04 bits per heavy atom. The average molecular weight is 338 g/mol. The summed E-state index contributed by atoms with van der Waals surface area (Å²) < 4.78 is 44.2. The molecule has 0 atom stereocenters. The molecule has 0 aromatic heterocycles. The third kappa shape index (κ3) is 4.25. The van der Waals surface area contributed by atoms with Crippen LogP contribution in [-0.2, 0) is 4.79 Å². The number of carbonyl (C=O) groups excluding carboxylic acids is 2. The van der Waals surface area contributed by atoms with Gasteiger partial charge in [-0.1, -0.05) is 0 Å². The summed E-state index contributed by atoms with van der Waals surface area (Å²) in [6.07, 6.45) is 0. The molecule has 0 fully saturated rings. The van der Waals surface area contributed by atoms with E-state index < -0.39 is 35.8 Å². The highest BCUT2D eigenvalue weighted by atomic mass is 19.1. The van der Waals surface area contributed by atoms with Crippen molar-refractivity contribution in [1.29, 1.82) is 0 Å². The van der Waals surface area contributed by atoms with Gasteiger partial charge in [-0.2, -0.15) is 0 Å². The molecule has 2 aromatic carbocycles. The molecule has 0 aliphatic heterocycles. The third-order valence-corrected chi connectivity index (χ3v) is 3.02. The largest absolute Gasteiger partial charge is 0.494 e. The van der Waals surface area contributed by atoms with E-state index in [4.69, 9.17) is 4.74 Å². The summed E-state index contributed by atoms with van der Waals surface area (Å²) in [5.74, 6) is -3.77. The summed E-state index contributed by atoms with van der Waals surface area (Å²) in [7, 11) is 1.31. The number of hydrogen-bond acceptors (Lipinski definition) is 3. The molecule has 0 saturated heterocycles. The predicted molar refractivity (Wildman–Crippen MR) is 80.3 cm³/mol. The number of rotatable bonds is 5. The lowest BCUT2D eigenvalue weighted by atomic mass is 10.2. The fraction of sp³-hybridized carbons (Fsp3) is 0.125. The molecule has 0 unspecified atom stereocenters. The highest BCUT2D eigenvalue weighted by molar-refractivity contribution is 5.99. The van der Waals surface area contributed by atoms with Crippen molar-refractivity contribution in [3.63, 3.8) is 0 Å². The van der Waals surface area contributed by atoms with E-state index in [1.807, 2.05) is 0 Å². The number of methoxy groups -OCH3 is 1. The number of benzene rings is 2. The van der Waals surface area contributed by atoms with Gasteiger partial charge in [0, 0.05) is 12.1 Å². The third-order valence-electron chi connectivity index (χ3n) is 3.02. The Morgan fingerprint density at radius 3 is 2.38 bits per heavy atom. The van der Waals surface area contributed by atoms with E-state index in [0.29, 0.717) is 6.07 Å². The first-order valence-electron chi connectivity index (χ1n) is 6.77. The fourth-order valence-corrected chi connectivity index (χ4v) is 1.89. The summed E-state index contributed by atoms with van der Waals surface area (Å²) >= 11 is 0. The van der Waals surface area contributed by atoms with Crippen molar-refractivity contribution in [3.05, 3.63) is 59.4 Å². The maximum atomic E-state index is 13.5. The SMILES string of the molecule is COc1cc(F)ccc1NC(=O)CNC(=O)c1ccc(F)cc1F. The minimum absolute atomic E-state index is 0.110. The lowest BCUT2D eigenvalue weighted by Gasteiger charge is -2.11. The van der Waals surface area contributed by atoms with Crippen molar-refractivity contribution in [2.45, 2.75) is 0 Å². The molecule has 2 rings (SSSR count). The van der Waals surface area contributed by atoms with E-state index in [1.165, 1.54) is 13.2 Å². The van der Waals surface area contributed by atoms with E-state index in [2.05, 4.69) is 10.6 Å². The number of halogens is 3. The molecule has 0 saturated carbocycles. The van der Waals surface area contributed by atoms with E-state index >= 15 is 0 Å². The Hall–Kier alpha value is -3.03. The number of nitrogens with one attached hydrogen (secondary N) is 2. The summed E-state index contributed by atoms with van der Waals surface area (Å²) in [5.41, 5.74) is -0.172. The van der Waals surface area contributed by atoms with Crippen LogP contribution in [0.2, 0.25) is 0 Å². The van der Waals surface area contributed by atoms with Gasteiger partial charge in [0.05, 0.1) is 24.9 Å². The van der Waals surface area contributed by atoms with Crippen molar-refractivity contribution in [1.82, 2.24) is 5.32 Å². The Labute approximate surface area is 135 Å². The lowest BCUT2D eigenvalue weighted by Crippen LogP contribution is -2.33. The lowest BCUT2D eigenvalue weighted by molar-refractivity contribution is -0.115. The van der Waals surface area contributed by atoms with Crippen LogP contribution in [0.3, 0.4) is 0 Å². The van der Waals surface area contributed by atoms with Crippen LogP contribution < -0.4 is 15.4 Å². The van der Waals surface area contributed by atoms with Crippen LogP contribution in [0, 0.1) is 17.5 Å². The van der Waals surface area contributed by atoms with Crippen LogP contribution in [0.1, 0.15) is 10.4 Å². The van der Waals surface area contributed by atoms with Gasteiger partial charge in [0.2, 0.25) is 5.91 Å². The molecule has 2 aromatic rings. The molecule has 0 radical (unpaired) electrons. The Morgan fingerprint density at radius 2 is 1.71 bits per heavy atom. The first-order valence-corrected chi connectivity index (χ1v) is 6.77. The Balaban J connectivity index is 1.97. The van der Waals surface area contributed by atoms with E-state index in [-0.39, 0.29) is 17.0 Å². The minimum Gasteiger partial charge on any atom is -0.494 e. The number of ether oxygens (including phenoxy) is 1. The first-order chi connectivity index (χ1) is 11.4. The van der Waals surface area contributed by atoms with Gasteiger partial charge in [-0.05, 0) is 24.3 Å². The van der Waals surface area contributed by atoms with Crippen LogP contribution in [0.15, 0.2) is 36.4 Å². The zero-order valence-corrected chi connectivity index (χ0v) is 12.5. The Bertz CT molecular complexity index is 781. The molecule has 24 heavy (non-hydrogen) atoms. The van der Waals surface area contributed by atoms with E-state index in [9.17, 15) is 22.8 Å². The van der Waals surface area contributed by atoms with Crippen molar-refractivity contribution < 1.29 is 27.5 Å². The Kier molecular flexibility index (Phi) is 5.41. The molecule has 5 nitrogen and oxygen atoms in total. The highest BCUT2D eigenvalue weighted by Gasteiger charge is 2.14. The molecule has 2 N–H and O–H groups in total. The summed E-state index contributed by atoms with van der Waals surface area (Å²) in [6, 6.07) is 5.99. The summed E-state index contributed by atoms with van der Waals surface area (Å²) in [5, 5.41) is 4.62. The number of carbonyl (C=O) groups is 2. The second-order valence-electron chi connectivity index (χ2n) is 4.70. The molecule has 126 valence electrons. The maximum Gasteiger partial charge on any atom is 0.254 e. The standard InChI is InChI=1S/C16H13F3N2O3/c1-24-14-7-10(18)3-5-13(14)21-15(22)8-20-16(23)11-4-2-9(17)6-12(11)19/h2-7H,8H2,1H3,(H,20,23)(H,21,22). The van der Waals surface area contributed by atoms with Crippen LogP contribution in [0.5, 0.6) is 5.75 Å². The van der Waals surface area contributed by atoms with Gasteiger partial charge in [0.1, 0.15) is 23.2 Å². The van der Waals surface area contributed by atoms with Crippen molar-refractivity contribution in [2.75, 3.05) is 19.0 Å². The van der Waals surface area contributed by atoms with E-state index in [0.717, 1.165) is 24.3 Å². The molecule has 0 heterocycles. The normalized spacial score (nSPS) is 10.2. The van der Waals surface area contributed by atoms with Gasteiger partial charge in [0.15, 0.2) is 0 Å². The smallest absolute Gasteiger partial charge is 0.254 e. The average Bonchev–Trinajstić information content (AvgIpc) is 2.54. The molecular weight excluding hydrogens is 325 g/mol. The van der Waals surface area contributed by atoms with Crippen molar-refractivity contribution >= 4 is 17.5 Å². The fourth-order valence-electron chi connectivity index (χ4n) is 1.89. The van der Waals surface area contributed by atoms with Crippen LogP contribution in [-0.4, -0.2) is 25.5 Å². The van der Waals surface area contributed by atoms with E-state index in [1.54, 1.807) is 0 Å². The van der Waals surface area contributed by atoms with Gasteiger partial charge in [0.25, 0.3) is 5.91 Å². The quantitative estimate of drug-likeness (QED) is 0.880. The van der Waals surface area contributed by atoms with Gasteiger partial charge in [-0.15, -0.1) is 0 Å². The molecule has 0 aliphatic rings. The number of amides is 2. The molecule has 0 aliphatic carbocycles. The zero-order valence-electron chi connectivity index (χ0n) is 12.5. The molecule has 0 bridgehead atoms. The highest BCUT2D eigenvalue weighted by Crippen LogP contribution is 2.24. The maximum absolute atomic E-state index is 13.5. The second kappa shape index (κ2) is 7.49. The van der Waals surface area contributed by atoms with Gasteiger partial charge in [-0.3, -0.25) is 9.59 Å². The topological polar surface area (TPSA) is 67.4 Å². The summed E-state index contributed by atoms with van der Waals surface area (Å²) in [4.78, 5) is 23.6. The van der Waals surface area contributed by atoms with Gasteiger partial charge >= 0.3 is 0 Å². The molecule has 2 amide bonds. The first kappa shape index (κ1) is 17.3. The van der Waals surface area contributed by atoms with Crippen molar-refractivity contribution in [2.24, 2.45) is 0 Å². The van der Waals surface area contributed by atoms with Crippen molar-refractivity contribution in [3.8, 4) is 5.75 Å². The number of hydrogen-bond donors (Lipinski definition) is 2. The summed E-state index contributed by atoms with van der Waals surface area (Å²) in [6.45, 7) is -0.462. The minimum atomic E-state index is -1.03. The number of anilines is 1. The van der Waals surface area contributed by atoms with Crippen LogP contribution in [0.4, 0.5) is 18.9 Å². The predicted octanol–water partition coefficient (Wildman–Crippen LogP) is 2.48. The van der Waals surface area contributed by atoms with Gasteiger partial charge in [-0.25, -0.2) is 13.2 Å². The molecular formula is C16H13F3N2O3. The second-order valence-corrected chi connectivity index (χ2v) is 4.70. The molecule has 8 heteroatoms. The van der Waals surface area contributed by atoms with Gasteiger partial charge < -0.3 is 15.4 Å². The van der Waals surface area contributed by atoms with Crippen LogP contribution in [0.25, 0.3) is 0 Å². The van der Waals surface area contributed by atoms with Crippen LogP contribution >= 0.6 is 0 Å². The zero-order chi connectivity index (χ0) is 17.7.